The summed E-state index contributed by atoms with van der Waals surface area (Å²) < 4.78 is 11.6. The molecule has 1 saturated heterocycles. The maximum absolute atomic E-state index is 13.1. The number of H-pyrrole nitrogens is 1. The van der Waals surface area contributed by atoms with Crippen LogP contribution in [0.1, 0.15) is 47.3 Å². The number of aromatic amines is 1. The molecule has 0 bridgehead atoms. The van der Waals surface area contributed by atoms with Gasteiger partial charge in [-0.15, -0.1) is 0 Å². The molecular weight excluding hydrogens is 440 g/mol. The van der Waals surface area contributed by atoms with Crippen molar-refractivity contribution in [2.24, 2.45) is 0 Å². The number of anilines is 2. The van der Waals surface area contributed by atoms with E-state index in [1.54, 1.807) is 12.4 Å². The lowest BCUT2D eigenvalue weighted by Crippen LogP contribution is -2.32. The molecule has 0 spiro atoms. The number of amides is 1. The lowest BCUT2D eigenvalue weighted by atomic mass is 10.0. The molecule has 3 unspecified atom stereocenters. The zero-order valence-electron chi connectivity index (χ0n) is 18.3. The van der Waals surface area contributed by atoms with E-state index in [9.17, 15) is 4.79 Å². The van der Waals surface area contributed by atoms with Gasteiger partial charge in [-0.05, 0) is 36.6 Å². The first-order valence-electron chi connectivity index (χ1n) is 11.4. The van der Waals surface area contributed by atoms with Crippen LogP contribution in [0.4, 0.5) is 11.4 Å². The second-order valence-electron chi connectivity index (χ2n) is 8.79. The first-order valence-corrected chi connectivity index (χ1v) is 11.8. The van der Waals surface area contributed by atoms with Crippen molar-refractivity contribution in [2.45, 2.75) is 44.2 Å². The molecule has 4 heterocycles. The number of halogens is 1. The third-order valence-electron chi connectivity index (χ3n) is 6.74. The largest absolute Gasteiger partial charge is 0.489 e. The summed E-state index contributed by atoms with van der Waals surface area (Å²) in [4.78, 5) is 20.9. The fourth-order valence-electron chi connectivity index (χ4n) is 4.74. The number of pyridine rings is 1. The van der Waals surface area contributed by atoms with Crippen molar-refractivity contribution in [1.29, 1.82) is 0 Å². The minimum atomic E-state index is -0.0618. The Balaban J connectivity index is 1.46. The molecular formula is C25H25ClN4O3. The molecule has 3 N–H and O–H groups in total. The van der Waals surface area contributed by atoms with E-state index in [-0.39, 0.29) is 18.1 Å². The number of ether oxygens (including phenoxy) is 2. The topological polar surface area (TPSA) is 88.3 Å². The maximum Gasteiger partial charge on any atom is 0.255 e. The normalized spacial score (nSPS) is 22.6. The summed E-state index contributed by atoms with van der Waals surface area (Å²) >= 11 is 6.48. The predicted molar refractivity (Wildman–Crippen MR) is 127 cm³/mol. The number of hydrogen-bond acceptors (Lipinski definition) is 5. The molecule has 1 aliphatic carbocycles. The van der Waals surface area contributed by atoms with Crippen LogP contribution in [0, 0.1) is 0 Å². The summed E-state index contributed by atoms with van der Waals surface area (Å²) in [6, 6.07) is 7.93. The Morgan fingerprint density at radius 2 is 2.21 bits per heavy atom. The molecule has 0 radical (unpaired) electrons. The van der Waals surface area contributed by atoms with Gasteiger partial charge < -0.3 is 25.1 Å². The van der Waals surface area contributed by atoms with Crippen LogP contribution in [-0.2, 0) is 11.2 Å². The van der Waals surface area contributed by atoms with Crippen molar-refractivity contribution in [3.63, 3.8) is 0 Å². The van der Waals surface area contributed by atoms with Crippen LogP contribution in [0.2, 0.25) is 5.02 Å². The molecule has 3 atom stereocenters. The van der Waals surface area contributed by atoms with Crippen LogP contribution in [0.5, 0.6) is 5.75 Å². The Morgan fingerprint density at radius 3 is 3.00 bits per heavy atom. The van der Waals surface area contributed by atoms with Crippen LogP contribution in [0.15, 0.2) is 36.7 Å². The van der Waals surface area contributed by atoms with Crippen molar-refractivity contribution in [3.05, 3.63) is 58.5 Å². The SMILES string of the molecule is CCc1c(Cl)cccc1Nc1c(-c2ccncc2OCC2CCO2)[nH]c2c1C(=O)NC1CC21. The number of nitrogens with zero attached hydrogens (tertiary/aromatic N) is 1. The molecule has 170 valence electrons. The van der Waals surface area contributed by atoms with Crippen molar-refractivity contribution < 1.29 is 14.3 Å². The third-order valence-corrected chi connectivity index (χ3v) is 7.09. The summed E-state index contributed by atoms with van der Waals surface area (Å²) in [7, 11) is 0. The van der Waals surface area contributed by atoms with Crippen LogP contribution in [0.25, 0.3) is 11.3 Å². The monoisotopic (exact) mass is 464 g/mol. The summed E-state index contributed by atoms with van der Waals surface area (Å²) in [5.41, 5.74) is 5.94. The number of fused-ring (bicyclic) bond motifs is 3. The average molecular weight is 465 g/mol. The standard InChI is InChI=1S/C25H25ClN4O3/c1-2-14-17(26)4-3-5-18(14)28-24-21-22(16-10-19(16)29-25(21)31)30-23(24)15-6-8-27-11-20(15)33-12-13-7-9-32-13/h3-6,8,11,13,16,19,28,30H,2,7,9-10,12H2,1H3,(H,29,31). The number of carbonyl (C=O) groups excluding carboxylic acids is 1. The lowest BCUT2D eigenvalue weighted by Gasteiger charge is -2.26. The van der Waals surface area contributed by atoms with E-state index in [4.69, 9.17) is 21.1 Å². The Labute approximate surface area is 196 Å². The van der Waals surface area contributed by atoms with Gasteiger partial charge in [-0.1, -0.05) is 24.6 Å². The molecule has 1 amide bonds. The van der Waals surface area contributed by atoms with Gasteiger partial charge in [0.1, 0.15) is 12.4 Å². The first kappa shape index (κ1) is 20.6. The van der Waals surface area contributed by atoms with E-state index < -0.39 is 0 Å². The second-order valence-corrected chi connectivity index (χ2v) is 9.20. The predicted octanol–water partition coefficient (Wildman–Crippen LogP) is 4.80. The molecule has 8 heteroatoms. The van der Waals surface area contributed by atoms with E-state index in [0.717, 1.165) is 59.8 Å². The van der Waals surface area contributed by atoms with Crippen LogP contribution in [-0.4, -0.2) is 41.2 Å². The summed E-state index contributed by atoms with van der Waals surface area (Å²) in [5.74, 6) is 0.906. The Morgan fingerprint density at radius 1 is 1.33 bits per heavy atom. The van der Waals surface area contributed by atoms with Gasteiger partial charge in [-0.3, -0.25) is 9.78 Å². The Kier molecular flexibility index (Phi) is 5.03. The van der Waals surface area contributed by atoms with E-state index in [1.807, 2.05) is 24.3 Å². The highest BCUT2D eigenvalue weighted by molar-refractivity contribution is 6.31. The molecule has 3 aromatic rings. The smallest absolute Gasteiger partial charge is 0.255 e. The number of carbonyl (C=O) groups is 1. The van der Waals surface area contributed by atoms with E-state index in [2.05, 4.69) is 27.5 Å². The van der Waals surface area contributed by atoms with Gasteiger partial charge >= 0.3 is 0 Å². The summed E-state index contributed by atoms with van der Waals surface area (Å²) in [6.07, 6.45) is 6.29. The van der Waals surface area contributed by atoms with Gasteiger partial charge in [0.15, 0.2) is 0 Å². The number of nitrogens with one attached hydrogen (secondary N) is 3. The van der Waals surface area contributed by atoms with Crippen LogP contribution >= 0.6 is 11.6 Å². The second kappa shape index (κ2) is 8.08. The summed E-state index contributed by atoms with van der Waals surface area (Å²) in [5, 5.41) is 7.37. The van der Waals surface area contributed by atoms with Crippen molar-refractivity contribution >= 4 is 28.9 Å². The van der Waals surface area contributed by atoms with Crippen LogP contribution in [0.3, 0.4) is 0 Å². The van der Waals surface area contributed by atoms with Gasteiger partial charge in [-0.25, -0.2) is 0 Å². The fraction of sp³-hybridized carbons (Fsp3) is 0.360. The average Bonchev–Trinajstić information content (AvgIpc) is 3.45. The third kappa shape index (κ3) is 3.56. The number of aromatic nitrogens is 2. The van der Waals surface area contributed by atoms with E-state index in [1.165, 1.54) is 0 Å². The van der Waals surface area contributed by atoms with Crippen molar-refractivity contribution in [3.8, 4) is 17.0 Å². The number of benzene rings is 1. The zero-order valence-corrected chi connectivity index (χ0v) is 19.0. The summed E-state index contributed by atoms with van der Waals surface area (Å²) in [6.45, 7) is 3.32. The Hall–Kier alpha value is -3.03. The number of rotatable bonds is 7. The van der Waals surface area contributed by atoms with Gasteiger partial charge in [0, 0.05) is 53.2 Å². The molecule has 2 fully saturated rings. The molecule has 2 aromatic heterocycles. The number of hydrogen-bond donors (Lipinski definition) is 3. The lowest BCUT2D eigenvalue weighted by molar-refractivity contribution is -0.0720. The first-order chi connectivity index (χ1) is 16.1. The van der Waals surface area contributed by atoms with Gasteiger partial charge in [-0.2, -0.15) is 0 Å². The van der Waals surface area contributed by atoms with E-state index >= 15 is 0 Å². The molecule has 33 heavy (non-hydrogen) atoms. The highest BCUT2D eigenvalue weighted by Gasteiger charge is 2.48. The van der Waals surface area contributed by atoms with Gasteiger partial charge in [0.2, 0.25) is 0 Å². The van der Waals surface area contributed by atoms with Gasteiger partial charge in [0.05, 0.1) is 29.2 Å². The van der Waals surface area contributed by atoms with Crippen molar-refractivity contribution in [1.82, 2.24) is 15.3 Å². The minimum absolute atomic E-state index is 0.0618. The quantitative estimate of drug-likeness (QED) is 0.467. The highest BCUT2D eigenvalue weighted by Crippen LogP contribution is 2.50. The molecule has 6 rings (SSSR count). The molecule has 1 aromatic carbocycles. The minimum Gasteiger partial charge on any atom is -0.489 e. The zero-order chi connectivity index (χ0) is 22.5. The van der Waals surface area contributed by atoms with Crippen LogP contribution < -0.4 is 15.4 Å². The Bertz CT molecular complexity index is 1240. The molecule has 3 aliphatic rings. The van der Waals surface area contributed by atoms with Gasteiger partial charge in [0.25, 0.3) is 5.91 Å². The van der Waals surface area contributed by atoms with Crippen molar-refractivity contribution in [2.75, 3.05) is 18.5 Å². The van der Waals surface area contributed by atoms with E-state index in [0.29, 0.717) is 28.9 Å². The molecule has 2 aliphatic heterocycles. The highest BCUT2D eigenvalue weighted by atomic mass is 35.5. The molecule has 7 nitrogen and oxygen atoms in total. The molecule has 1 saturated carbocycles. The maximum atomic E-state index is 13.1. The fourth-order valence-corrected chi connectivity index (χ4v) is 5.05.